The number of likely N-dealkylation sites (N-methyl/N-ethyl adjacent to an activating group) is 1. The maximum Gasteiger partial charge on any atom is 0.191 e. The van der Waals surface area contributed by atoms with E-state index in [1.165, 1.54) is 18.4 Å². The fourth-order valence-electron chi connectivity index (χ4n) is 2.51. The van der Waals surface area contributed by atoms with Crippen molar-refractivity contribution in [3.05, 3.63) is 29.8 Å². The number of rotatable bonds is 8. The van der Waals surface area contributed by atoms with Gasteiger partial charge in [-0.3, -0.25) is 9.89 Å². The van der Waals surface area contributed by atoms with Crippen LogP contribution in [0.5, 0.6) is 5.75 Å². The minimum Gasteiger partial charge on any atom is -0.497 e. The first kappa shape index (κ1) is 16.6. The van der Waals surface area contributed by atoms with Crippen LogP contribution in [0.1, 0.15) is 25.3 Å². The molecule has 0 bridgehead atoms. The van der Waals surface area contributed by atoms with Crippen LogP contribution in [0.25, 0.3) is 0 Å². The van der Waals surface area contributed by atoms with Crippen molar-refractivity contribution in [2.24, 2.45) is 4.99 Å². The topological polar surface area (TPSA) is 48.9 Å². The molecule has 1 fully saturated rings. The van der Waals surface area contributed by atoms with Crippen LogP contribution >= 0.6 is 0 Å². The maximum atomic E-state index is 5.17. The summed E-state index contributed by atoms with van der Waals surface area (Å²) in [6.45, 7) is 6.11. The predicted octanol–water partition coefficient (Wildman–Crippen LogP) is 1.84. The van der Waals surface area contributed by atoms with Gasteiger partial charge >= 0.3 is 0 Å². The molecule has 1 aliphatic carbocycles. The number of benzene rings is 1. The third-order valence-corrected chi connectivity index (χ3v) is 4.00. The molecule has 2 N–H and O–H groups in total. The molecule has 2 rings (SSSR count). The van der Waals surface area contributed by atoms with Gasteiger partial charge in [-0.2, -0.15) is 0 Å². The number of nitrogens with one attached hydrogen (secondary N) is 2. The first-order valence-corrected chi connectivity index (χ1v) is 8.08. The highest BCUT2D eigenvalue weighted by Gasteiger charge is 2.27. The molecule has 5 heteroatoms. The molecule has 0 aliphatic heterocycles. The SMILES string of the molecule is CCN(CCNC(=NC)NCc1ccc(OC)cc1)C1CC1. The standard InChI is InChI=1S/C17H28N4O/c1-4-21(15-7-8-15)12-11-19-17(18-2)20-13-14-5-9-16(22-3)10-6-14/h5-6,9-10,15H,4,7-8,11-13H2,1-3H3,(H2,18,19,20). The molecule has 0 heterocycles. The van der Waals surface area contributed by atoms with Crippen molar-refractivity contribution in [1.29, 1.82) is 0 Å². The zero-order valence-corrected chi connectivity index (χ0v) is 13.9. The molecule has 0 atom stereocenters. The highest BCUT2D eigenvalue weighted by Crippen LogP contribution is 2.25. The quantitative estimate of drug-likeness (QED) is 0.568. The summed E-state index contributed by atoms with van der Waals surface area (Å²) in [4.78, 5) is 6.80. The summed E-state index contributed by atoms with van der Waals surface area (Å²) in [5.41, 5.74) is 1.21. The Bertz CT molecular complexity index is 468. The minimum absolute atomic E-state index is 0.754. The van der Waals surface area contributed by atoms with E-state index in [1.54, 1.807) is 7.11 Å². The van der Waals surface area contributed by atoms with Crippen molar-refractivity contribution < 1.29 is 4.74 Å². The lowest BCUT2D eigenvalue weighted by Gasteiger charge is -2.20. The molecule has 0 radical (unpaired) electrons. The summed E-state index contributed by atoms with van der Waals surface area (Å²) in [6, 6.07) is 8.89. The largest absolute Gasteiger partial charge is 0.497 e. The van der Waals surface area contributed by atoms with Crippen LogP contribution in [-0.4, -0.2) is 50.7 Å². The Labute approximate surface area is 133 Å². The van der Waals surface area contributed by atoms with Crippen molar-refractivity contribution in [3.63, 3.8) is 0 Å². The van der Waals surface area contributed by atoms with Crippen LogP contribution in [0, 0.1) is 0 Å². The van der Waals surface area contributed by atoms with Crippen molar-refractivity contribution in [1.82, 2.24) is 15.5 Å². The number of nitrogens with zero attached hydrogens (tertiary/aromatic N) is 2. The highest BCUT2D eigenvalue weighted by molar-refractivity contribution is 5.79. The predicted molar refractivity (Wildman–Crippen MR) is 91.5 cm³/mol. The Kier molecular flexibility index (Phi) is 6.52. The van der Waals surface area contributed by atoms with Gasteiger partial charge in [0.2, 0.25) is 0 Å². The van der Waals surface area contributed by atoms with Gasteiger partial charge in [-0.05, 0) is 37.1 Å². The third-order valence-electron chi connectivity index (χ3n) is 4.00. The second-order valence-electron chi connectivity index (χ2n) is 5.56. The molecule has 0 saturated heterocycles. The van der Waals surface area contributed by atoms with Gasteiger partial charge in [0.05, 0.1) is 7.11 Å². The van der Waals surface area contributed by atoms with E-state index >= 15 is 0 Å². The lowest BCUT2D eigenvalue weighted by atomic mass is 10.2. The smallest absolute Gasteiger partial charge is 0.191 e. The molecule has 5 nitrogen and oxygen atoms in total. The van der Waals surface area contributed by atoms with Crippen molar-refractivity contribution in [2.45, 2.75) is 32.4 Å². The van der Waals surface area contributed by atoms with Gasteiger partial charge < -0.3 is 15.4 Å². The molecular formula is C17H28N4O. The molecule has 1 aromatic rings. The van der Waals surface area contributed by atoms with Crippen LogP contribution in [0.4, 0.5) is 0 Å². The van der Waals surface area contributed by atoms with Gasteiger partial charge in [0, 0.05) is 32.7 Å². The maximum absolute atomic E-state index is 5.17. The zero-order valence-electron chi connectivity index (χ0n) is 13.9. The van der Waals surface area contributed by atoms with Crippen molar-refractivity contribution in [2.75, 3.05) is 33.8 Å². The number of hydrogen-bond donors (Lipinski definition) is 2. The van der Waals surface area contributed by atoms with Crippen LogP contribution < -0.4 is 15.4 Å². The number of methoxy groups -OCH3 is 1. The summed E-state index contributed by atoms with van der Waals surface area (Å²) < 4.78 is 5.17. The fraction of sp³-hybridized carbons (Fsp3) is 0.588. The van der Waals surface area contributed by atoms with E-state index in [4.69, 9.17) is 4.74 Å². The molecule has 0 amide bonds. The Morgan fingerprint density at radius 2 is 2.00 bits per heavy atom. The Morgan fingerprint density at radius 1 is 1.27 bits per heavy atom. The van der Waals surface area contributed by atoms with E-state index in [0.29, 0.717) is 0 Å². The van der Waals surface area contributed by atoms with E-state index in [1.807, 2.05) is 19.2 Å². The second kappa shape index (κ2) is 8.63. The molecule has 1 aromatic carbocycles. The van der Waals surface area contributed by atoms with Crippen LogP contribution in [-0.2, 0) is 6.54 Å². The summed E-state index contributed by atoms with van der Waals surface area (Å²) in [6.07, 6.45) is 2.72. The number of aliphatic imine (C=N–C) groups is 1. The van der Waals surface area contributed by atoms with Gasteiger partial charge in [0.15, 0.2) is 5.96 Å². The van der Waals surface area contributed by atoms with Crippen molar-refractivity contribution >= 4 is 5.96 Å². The minimum atomic E-state index is 0.754. The molecule has 0 unspecified atom stereocenters. The lowest BCUT2D eigenvalue weighted by Crippen LogP contribution is -2.41. The molecular weight excluding hydrogens is 276 g/mol. The molecule has 1 saturated carbocycles. The van der Waals surface area contributed by atoms with Crippen LogP contribution in [0.2, 0.25) is 0 Å². The van der Waals surface area contributed by atoms with E-state index in [-0.39, 0.29) is 0 Å². The number of guanidine groups is 1. The van der Waals surface area contributed by atoms with E-state index in [2.05, 4.69) is 39.6 Å². The summed E-state index contributed by atoms with van der Waals surface area (Å²) in [5, 5.41) is 6.72. The summed E-state index contributed by atoms with van der Waals surface area (Å²) in [5.74, 6) is 1.73. The Morgan fingerprint density at radius 3 is 2.55 bits per heavy atom. The monoisotopic (exact) mass is 304 g/mol. The average Bonchev–Trinajstić information content (AvgIpc) is 3.39. The van der Waals surface area contributed by atoms with Crippen LogP contribution in [0.3, 0.4) is 0 Å². The van der Waals surface area contributed by atoms with Gasteiger partial charge in [-0.25, -0.2) is 0 Å². The van der Waals surface area contributed by atoms with Gasteiger partial charge in [0.1, 0.15) is 5.75 Å². The highest BCUT2D eigenvalue weighted by atomic mass is 16.5. The van der Waals surface area contributed by atoms with Gasteiger partial charge in [-0.15, -0.1) is 0 Å². The third kappa shape index (κ3) is 5.22. The Balaban J connectivity index is 1.70. The van der Waals surface area contributed by atoms with E-state index in [0.717, 1.165) is 43.9 Å². The zero-order chi connectivity index (χ0) is 15.8. The molecule has 22 heavy (non-hydrogen) atoms. The summed E-state index contributed by atoms with van der Waals surface area (Å²) >= 11 is 0. The number of ether oxygens (including phenoxy) is 1. The van der Waals surface area contributed by atoms with Crippen LogP contribution in [0.15, 0.2) is 29.3 Å². The second-order valence-corrected chi connectivity index (χ2v) is 5.56. The average molecular weight is 304 g/mol. The first-order valence-electron chi connectivity index (χ1n) is 8.08. The number of hydrogen-bond acceptors (Lipinski definition) is 3. The van der Waals surface area contributed by atoms with Gasteiger partial charge in [0.25, 0.3) is 0 Å². The van der Waals surface area contributed by atoms with Crippen molar-refractivity contribution in [3.8, 4) is 5.75 Å². The molecule has 0 aromatic heterocycles. The van der Waals surface area contributed by atoms with E-state index in [9.17, 15) is 0 Å². The molecule has 0 spiro atoms. The van der Waals surface area contributed by atoms with E-state index < -0.39 is 0 Å². The molecule has 122 valence electrons. The molecule has 1 aliphatic rings. The normalized spacial score (nSPS) is 15.0. The fourth-order valence-corrected chi connectivity index (χ4v) is 2.51. The Hall–Kier alpha value is -1.75. The first-order chi connectivity index (χ1) is 10.8. The summed E-state index contributed by atoms with van der Waals surface area (Å²) in [7, 11) is 3.49. The van der Waals surface area contributed by atoms with Gasteiger partial charge in [-0.1, -0.05) is 19.1 Å². The lowest BCUT2D eigenvalue weighted by molar-refractivity contribution is 0.282.